The number of para-hydroxylation sites is 1. The van der Waals surface area contributed by atoms with Crippen LogP contribution in [0.1, 0.15) is 64.4 Å². The summed E-state index contributed by atoms with van der Waals surface area (Å²) in [6.45, 7) is 3.53. The maximum atomic E-state index is 13.6. The minimum atomic E-state index is -4.17. The van der Waals surface area contributed by atoms with Crippen LogP contribution in [0.2, 0.25) is 0 Å². The number of ether oxygens (including phenoxy) is 1. The Morgan fingerprint density at radius 1 is 0.914 bits per heavy atom. The number of rotatable bonds is 14. The van der Waals surface area contributed by atoms with Gasteiger partial charge in [-0.05, 0) is 75.8 Å². The van der Waals surface area contributed by atoms with Crippen molar-refractivity contribution >= 4 is 17.7 Å². The predicted molar refractivity (Wildman–Crippen MR) is 137 cm³/mol. The van der Waals surface area contributed by atoms with Crippen molar-refractivity contribution in [3.63, 3.8) is 0 Å². The summed E-state index contributed by atoms with van der Waals surface area (Å²) in [5, 5.41) is 0. The van der Waals surface area contributed by atoms with Crippen LogP contribution in [0.4, 0.5) is 0 Å². The Kier molecular flexibility index (Phi) is 10.8. The van der Waals surface area contributed by atoms with E-state index in [4.69, 9.17) is 18.0 Å². The number of aryl methyl sites for hydroxylation is 1. The Morgan fingerprint density at radius 3 is 2.23 bits per heavy atom. The zero-order chi connectivity index (χ0) is 25.2. The maximum absolute atomic E-state index is 13.6. The van der Waals surface area contributed by atoms with E-state index in [1.54, 1.807) is 13.8 Å². The molecule has 1 aliphatic carbocycles. The van der Waals surface area contributed by atoms with E-state index < -0.39 is 22.7 Å². The Morgan fingerprint density at radius 2 is 1.57 bits per heavy atom. The first kappa shape index (κ1) is 27.9. The van der Waals surface area contributed by atoms with Gasteiger partial charge in [0.05, 0.1) is 19.3 Å². The highest BCUT2D eigenvalue weighted by molar-refractivity contribution is 7.94. The van der Waals surface area contributed by atoms with Crippen LogP contribution < -0.4 is 4.74 Å². The first-order chi connectivity index (χ1) is 16.9. The molecule has 194 valence electrons. The highest BCUT2D eigenvalue weighted by Crippen LogP contribution is 2.57. The highest BCUT2D eigenvalue weighted by atomic mass is 32.2. The van der Waals surface area contributed by atoms with Crippen molar-refractivity contribution in [3.05, 3.63) is 60.2 Å². The molecule has 2 aromatic carbocycles. The highest BCUT2D eigenvalue weighted by Gasteiger charge is 2.46. The van der Waals surface area contributed by atoms with Crippen LogP contribution in [-0.2, 0) is 34.3 Å². The van der Waals surface area contributed by atoms with E-state index in [0.717, 1.165) is 30.6 Å². The molecule has 0 bridgehead atoms. The summed E-state index contributed by atoms with van der Waals surface area (Å²) in [6.07, 6.45) is 5.10. The molecular weight excluding hydrogens is 487 g/mol. The van der Waals surface area contributed by atoms with Gasteiger partial charge in [0.25, 0.3) is 10.1 Å². The zero-order valence-electron chi connectivity index (χ0n) is 20.6. The lowest BCUT2D eigenvalue weighted by atomic mass is 9.98. The summed E-state index contributed by atoms with van der Waals surface area (Å²) in [4.78, 5) is -1.36. The molecule has 0 heterocycles. The molecule has 3 rings (SSSR count). The van der Waals surface area contributed by atoms with Gasteiger partial charge in [-0.15, -0.1) is 0 Å². The molecule has 1 saturated carbocycles. The summed E-state index contributed by atoms with van der Waals surface area (Å²) in [5.41, 5.74) is 0.991. The molecule has 0 spiro atoms. The minimum absolute atomic E-state index is 0.0889. The number of hydrogen-bond donors (Lipinski definition) is 0. The van der Waals surface area contributed by atoms with Gasteiger partial charge in [-0.25, -0.2) is 0 Å². The van der Waals surface area contributed by atoms with E-state index in [1.165, 1.54) is 0 Å². The molecule has 0 aromatic heterocycles. The third-order valence-corrected chi connectivity index (χ3v) is 11.1. The van der Waals surface area contributed by atoms with Gasteiger partial charge in [-0.1, -0.05) is 49.6 Å². The van der Waals surface area contributed by atoms with Crippen molar-refractivity contribution in [2.24, 2.45) is 0 Å². The van der Waals surface area contributed by atoms with E-state index in [9.17, 15) is 13.0 Å². The fourth-order valence-corrected chi connectivity index (χ4v) is 8.87. The predicted octanol–water partition coefficient (Wildman–Crippen LogP) is 7.07. The first-order valence-electron chi connectivity index (χ1n) is 12.5. The summed E-state index contributed by atoms with van der Waals surface area (Å²) >= 11 is 0. The summed E-state index contributed by atoms with van der Waals surface area (Å²) in [7, 11) is -8.10. The molecule has 0 N–H and O–H groups in total. The van der Waals surface area contributed by atoms with Crippen molar-refractivity contribution in [1.82, 2.24) is 0 Å². The standard InChI is InChI=1S/C26H37O7PS/c1-3-30-34(27,31-4-2)26(35(28,29)33-24-17-9-6-10-18-24)20-12-14-22-13-11-19-25(21-22)32-23-15-7-5-8-16-23/h5,7-8,11,13,15-16,19,21,24,26H,3-4,6,9-10,12,14,17-18,20H2,1-2H3. The second kappa shape index (κ2) is 13.6. The van der Waals surface area contributed by atoms with Crippen LogP contribution >= 0.6 is 7.60 Å². The fraction of sp³-hybridized carbons (Fsp3) is 0.538. The van der Waals surface area contributed by atoms with Crippen molar-refractivity contribution < 1.29 is 31.0 Å². The van der Waals surface area contributed by atoms with Crippen molar-refractivity contribution in [1.29, 1.82) is 0 Å². The average Bonchev–Trinajstić information content (AvgIpc) is 2.83. The molecule has 9 heteroatoms. The molecule has 0 radical (unpaired) electrons. The molecule has 0 amide bonds. The number of benzene rings is 2. The van der Waals surface area contributed by atoms with Gasteiger partial charge in [-0.2, -0.15) is 8.42 Å². The van der Waals surface area contributed by atoms with Crippen molar-refractivity contribution in [3.8, 4) is 11.5 Å². The molecule has 35 heavy (non-hydrogen) atoms. The zero-order valence-corrected chi connectivity index (χ0v) is 22.3. The smallest absolute Gasteiger partial charge is 0.351 e. The Labute approximate surface area is 209 Å². The van der Waals surface area contributed by atoms with Crippen LogP contribution in [0.15, 0.2) is 54.6 Å². The normalized spacial score (nSPS) is 16.2. The quantitative estimate of drug-likeness (QED) is 0.193. The Bertz CT molecular complexity index is 1040. The molecule has 1 aliphatic rings. The van der Waals surface area contributed by atoms with Crippen LogP contribution in [0.5, 0.6) is 11.5 Å². The summed E-state index contributed by atoms with van der Waals surface area (Å²) < 4.78 is 62.6. The summed E-state index contributed by atoms with van der Waals surface area (Å²) in [5.74, 6) is 1.44. The lowest BCUT2D eigenvalue weighted by Gasteiger charge is -2.28. The SMILES string of the molecule is CCOP(=O)(OCC)C(CCCc1cccc(Oc2ccccc2)c1)S(=O)(=O)OC1CCCCC1. The number of hydrogen-bond acceptors (Lipinski definition) is 7. The molecule has 1 unspecified atom stereocenters. The van der Waals surface area contributed by atoms with Crippen LogP contribution in [-0.4, -0.2) is 32.7 Å². The van der Waals surface area contributed by atoms with Gasteiger partial charge in [0.15, 0.2) is 4.99 Å². The second-order valence-electron chi connectivity index (χ2n) is 8.63. The molecule has 1 fully saturated rings. The van der Waals surface area contributed by atoms with E-state index in [-0.39, 0.29) is 25.7 Å². The minimum Gasteiger partial charge on any atom is -0.457 e. The van der Waals surface area contributed by atoms with E-state index >= 15 is 0 Å². The fourth-order valence-electron chi connectivity index (χ4n) is 4.31. The Balaban J connectivity index is 1.71. The van der Waals surface area contributed by atoms with Crippen molar-refractivity contribution in [2.75, 3.05) is 13.2 Å². The molecule has 2 aromatic rings. The first-order valence-corrected chi connectivity index (χ1v) is 15.6. The van der Waals surface area contributed by atoms with Gasteiger partial charge >= 0.3 is 7.60 Å². The largest absolute Gasteiger partial charge is 0.457 e. The van der Waals surface area contributed by atoms with Gasteiger partial charge in [0, 0.05) is 0 Å². The van der Waals surface area contributed by atoms with Gasteiger partial charge in [0.1, 0.15) is 11.5 Å². The lowest BCUT2D eigenvalue weighted by molar-refractivity contribution is 0.158. The maximum Gasteiger partial charge on any atom is 0.351 e. The third kappa shape index (κ3) is 8.43. The molecule has 1 atom stereocenters. The molecule has 0 saturated heterocycles. The topological polar surface area (TPSA) is 88.1 Å². The van der Waals surface area contributed by atoms with Gasteiger partial charge in [-0.3, -0.25) is 8.75 Å². The van der Waals surface area contributed by atoms with Gasteiger partial charge < -0.3 is 13.8 Å². The lowest BCUT2D eigenvalue weighted by Crippen LogP contribution is -2.31. The van der Waals surface area contributed by atoms with Crippen LogP contribution in [0.25, 0.3) is 0 Å². The van der Waals surface area contributed by atoms with E-state index in [0.29, 0.717) is 31.4 Å². The van der Waals surface area contributed by atoms with Crippen LogP contribution in [0.3, 0.4) is 0 Å². The molecular formula is C26H37O7PS. The molecule has 0 aliphatic heterocycles. The van der Waals surface area contributed by atoms with Crippen molar-refractivity contribution in [2.45, 2.75) is 76.3 Å². The third-order valence-electron chi connectivity index (χ3n) is 5.92. The monoisotopic (exact) mass is 524 g/mol. The van der Waals surface area contributed by atoms with Crippen LogP contribution in [0, 0.1) is 0 Å². The van der Waals surface area contributed by atoms with Gasteiger partial charge in [0.2, 0.25) is 0 Å². The Hall–Kier alpha value is -1.70. The van der Waals surface area contributed by atoms with E-state index in [2.05, 4.69) is 0 Å². The van der Waals surface area contributed by atoms with E-state index in [1.807, 2.05) is 54.6 Å². The summed E-state index contributed by atoms with van der Waals surface area (Å²) in [6, 6.07) is 17.2. The second-order valence-corrected chi connectivity index (χ2v) is 12.9. The average molecular weight is 525 g/mol. The molecule has 7 nitrogen and oxygen atoms in total.